The Labute approximate surface area is 173 Å². The highest BCUT2D eigenvalue weighted by molar-refractivity contribution is 5.82. The Kier molecular flexibility index (Phi) is 9.89. The Bertz CT molecular complexity index is 674. The maximum absolute atomic E-state index is 12.0. The Morgan fingerprint density at radius 1 is 0.655 bits per heavy atom. The van der Waals surface area contributed by atoms with Gasteiger partial charge in [-0.2, -0.15) is 0 Å². The summed E-state index contributed by atoms with van der Waals surface area (Å²) in [5, 5.41) is 5.75. The fourth-order valence-electron chi connectivity index (χ4n) is 3.03. The summed E-state index contributed by atoms with van der Waals surface area (Å²) in [4.78, 5) is 24.1. The van der Waals surface area contributed by atoms with Gasteiger partial charge in [-0.15, -0.1) is 0 Å². The van der Waals surface area contributed by atoms with Crippen molar-refractivity contribution in [2.45, 2.75) is 44.2 Å². The van der Waals surface area contributed by atoms with Crippen LogP contribution in [0.4, 0.5) is 0 Å². The van der Waals surface area contributed by atoms with Crippen LogP contribution in [0.2, 0.25) is 0 Å². The SMILES string of the molecule is N[C@@H](Cc1ccccc1)C(=O)NCCCCCNC(=O)[C@@H](N)Cc1ccccc1. The minimum atomic E-state index is -0.539. The van der Waals surface area contributed by atoms with Crippen LogP contribution in [0.25, 0.3) is 0 Å². The standard InChI is InChI=1S/C23H32N4O2/c24-20(16-18-10-4-1-5-11-18)22(28)26-14-8-3-9-15-27-23(29)21(25)17-19-12-6-2-7-13-19/h1-2,4-7,10-13,20-21H,3,8-9,14-17,24-25H2,(H,26,28)(H,27,29)/t20-,21-/m0/s1. The molecule has 0 spiro atoms. The summed E-state index contributed by atoms with van der Waals surface area (Å²) >= 11 is 0. The van der Waals surface area contributed by atoms with E-state index in [0.29, 0.717) is 25.9 Å². The number of unbranched alkanes of at least 4 members (excludes halogenated alkanes) is 2. The molecule has 2 rings (SSSR count). The molecule has 0 saturated carbocycles. The van der Waals surface area contributed by atoms with Gasteiger partial charge in [-0.25, -0.2) is 0 Å². The molecule has 0 aliphatic heterocycles. The lowest BCUT2D eigenvalue weighted by Gasteiger charge is -2.13. The lowest BCUT2D eigenvalue weighted by Crippen LogP contribution is -2.42. The predicted molar refractivity (Wildman–Crippen MR) is 116 cm³/mol. The third kappa shape index (κ3) is 8.89. The molecule has 0 bridgehead atoms. The van der Waals surface area contributed by atoms with Crippen molar-refractivity contribution in [3.8, 4) is 0 Å². The van der Waals surface area contributed by atoms with Crippen LogP contribution in [0.15, 0.2) is 60.7 Å². The first-order valence-corrected chi connectivity index (χ1v) is 10.2. The molecule has 0 aliphatic carbocycles. The second-order valence-electron chi connectivity index (χ2n) is 7.24. The summed E-state index contributed by atoms with van der Waals surface area (Å²) in [7, 11) is 0. The van der Waals surface area contributed by atoms with Crippen molar-refractivity contribution in [3.63, 3.8) is 0 Å². The molecule has 2 aromatic rings. The van der Waals surface area contributed by atoms with Gasteiger partial charge >= 0.3 is 0 Å². The van der Waals surface area contributed by atoms with Crippen molar-refractivity contribution in [2.24, 2.45) is 11.5 Å². The number of carbonyl (C=O) groups is 2. The van der Waals surface area contributed by atoms with E-state index in [9.17, 15) is 9.59 Å². The van der Waals surface area contributed by atoms with Crippen molar-refractivity contribution in [1.29, 1.82) is 0 Å². The van der Waals surface area contributed by atoms with Crippen LogP contribution in [0.1, 0.15) is 30.4 Å². The molecule has 0 heterocycles. The summed E-state index contributed by atoms with van der Waals surface area (Å²) < 4.78 is 0. The second kappa shape index (κ2) is 12.7. The van der Waals surface area contributed by atoms with Crippen LogP contribution < -0.4 is 22.1 Å². The molecule has 6 nitrogen and oxygen atoms in total. The van der Waals surface area contributed by atoms with Gasteiger partial charge in [0.15, 0.2) is 0 Å². The van der Waals surface area contributed by atoms with E-state index in [-0.39, 0.29) is 11.8 Å². The van der Waals surface area contributed by atoms with Gasteiger partial charge in [0.2, 0.25) is 11.8 Å². The zero-order chi connectivity index (χ0) is 20.9. The molecule has 6 N–H and O–H groups in total. The van der Waals surface area contributed by atoms with Gasteiger partial charge in [-0.3, -0.25) is 9.59 Å². The second-order valence-corrected chi connectivity index (χ2v) is 7.24. The third-order valence-corrected chi connectivity index (χ3v) is 4.72. The van der Waals surface area contributed by atoms with E-state index in [0.717, 1.165) is 30.4 Å². The maximum atomic E-state index is 12.0. The van der Waals surface area contributed by atoms with Crippen molar-refractivity contribution in [2.75, 3.05) is 13.1 Å². The molecule has 2 atom stereocenters. The highest BCUT2D eigenvalue weighted by Gasteiger charge is 2.14. The van der Waals surface area contributed by atoms with E-state index in [4.69, 9.17) is 11.5 Å². The highest BCUT2D eigenvalue weighted by Crippen LogP contribution is 2.03. The van der Waals surface area contributed by atoms with E-state index < -0.39 is 12.1 Å². The number of nitrogens with two attached hydrogens (primary N) is 2. The van der Waals surface area contributed by atoms with Crippen LogP contribution in [-0.4, -0.2) is 37.0 Å². The normalized spacial score (nSPS) is 12.8. The van der Waals surface area contributed by atoms with Crippen LogP contribution in [0.3, 0.4) is 0 Å². The zero-order valence-corrected chi connectivity index (χ0v) is 16.8. The topological polar surface area (TPSA) is 110 Å². The van der Waals surface area contributed by atoms with Gasteiger partial charge < -0.3 is 22.1 Å². The highest BCUT2D eigenvalue weighted by atomic mass is 16.2. The summed E-state index contributed by atoms with van der Waals surface area (Å²) in [6.45, 7) is 1.17. The summed E-state index contributed by atoms with van der Waals surface area (Å²) in [6, 6.07) is 18.4. The van der Waals surface area contributed by atoms with Gasteiger partial charge in [0, 0.05) is 13.1 Å². The zero-order valence-electron chi connectivity index (χ0n) is 16.8. The molecular formula is C23H32N4O2. The third-order valence-electron chi connectivity index (χ3n) is 4.72. The van der Waals surface area contributed by atoms with Crippen LogP contribution in [-0.2, 0) is 22.4 Å². The lowest BCUT2D eigenvalue weighted by molar-refractivity contribution is -0.123. The van der Waals surface area contributed by atoms with E-state index >= 15 is 0 Å². The van der Waals surface area contributed by atoms with Crippen molar-refractivity contribution >= 4 is 11.8 Å². The van der Waals surface area contributed by atoms with Gasteiger partial charge in [-0.05, 0) is 43.2 Å². The Balaban J connectivity index is 1.51. The lowest BCUT2D eigenvalue weighted by atomic mass is 10.1. The molecule has 29 heavy (non-hydrogen) atoms. The van der Waals surface area contributed by atoms with Gasteiger partial charge in [0.1, 0.15) is 0 Å². The molecular weight excluding hydrogens is 364 g/mol. The molecule has 0 aromatic heterocycles. The fourth-order valence-corrected chi connectivity index (χ4v) is 3.03. The molecule has 2 aromatic carbocycles. The Morgan fingerprint density at radius 3 is 1.41 bits per heavy atom. The molecule has 0 radical (unpaired) electrons. The van der Waals surface area contributed by atoms with E-state index in [1.165, 1.54) is 0 Å². The summed E-state index contributed by atoms with van der Waals surface area (Å²) in [5.74, 6) is -0.261. The molecule has 156 valence electrons. The van der Waals surface area contributed by atoms with E-state index in [1.807, 2.05) is 60.7 Å². The minimum Gasteiger partial charge on any atom is -0.355 e. The molecule has 2 amide bonds. The average molecular weight is 397 g/mol. The predicted octanol–water partition coefficient (Wildman–Crippen LogP) is 1.53. The quantitative estimate of drug-likeness (QED) is 0.408. The number of rotatable bonds is 12. The Morgan fingerprint density at radius 2 is 1.03 bits per heavy atom. The number of hydrogen-bond acceptors (Lipinski definition) is 4. The molecule has 6 heteroatoms. The molecule has 0 fully saturated rings. The number of nitrogens with one attached hydrogen (secondary N) is 2. The number of hydrogen-bond donors (Lipinski definition) is 4. The molecule has 0 saturated heterocycles. The maximum Gasteiger partial charge on any atom is 0.237 e. The number of amides is 2. The van der Waals surface area contributed by atoms with Crippen LogP contribution in [0.5, 0.6) is 0 Å². The van der Waals surface area contributed by atoms with E-state index in [1.54, 1.807) is 0 Å². The summed E-state index contributed by atoms with van der Waals surface area (Å²) in [5.41, 5.74) is 14.0. The fraction of sp³-hybridized carbons (Fsp3) is 0.391. The first-order chi connectivity index (χ1) is 14.1. The first-order valence-electron chi connectivity index (χ1n) is 10.2. The van der Waals surface area contributed by atoms with Crippen LogP contribution >= 0.6 is 0 Å². The van der Waals surface area contributed by atoms with Crippen molar-refractivity contribution in [1.82, 2.24) is 10.6 Å². The summed E-state index contributed by atoms with van der Waals surface area (Å²) in [6.07, 6.45) is 3.65. The largest absolute Gasteiger partial charge is 0.355 e. The van der Waals surface area contributed by atoms with Gasteiger partial charge in [-0.1, -0.05) is 60.7 Å². The molecule has 0 unspecified atom stereocenters. The number of benzene rings is 2. The number of carbonyl (C=O) groups excluding carboxylic acids is 2. The molecule has 0 aliphatic rings. The van der Waals surface area contributed by atoms with Crippen LogP contribution in [0, 0.1) is 0 Å². The van der Waals surface area contributed by atoms with Gasteiger partial charge in [0.05, 0.1) is 12.1 Å². The monoisotopic (exact) mass is 396 g/mol. The smallest absolute Gasteiger partial charge is 0.237 e. The minimum absolute atomic E-state index is 0.131. The Hall–Kier alpha value is -2.70. The first kappa shape index (κ1) is 22.6. The average Bonchev–Trinajstić information content (AvgIpc) is 2.74. The van der Waals surface area contributed by atoms with Crippen molar-refractivity contribution in [3.05, 3.63) is 71.8 Å². The van der Waals surface area contributed by atoms with E-state index in [2.05, 4.69) is 10.6 Å². The van der Waals surface area contributed by atoms with Crippen molar-refractivity contribution < 1.29 is 9.59 Å². The van der Waals surface area contributed by atoms with Gasteiger partial charge in [0.25, 0.3) is 0 Å².